The minimum atomic E-state index is -3.93. The number of aromatic amines is 1. The highest BCUT2D eigenvalue weighted by atomic mass is 32.2. The zero-order valence-corrected chi connectivity index (χ0v) is 19.7. The maximum absolute atomic E-state index is 13.3. The first-order chi connectivity index (χ1) is 16.4. The largest absolute Gasteiger partial charge is 0.360 e. The van der Waals surface area contributed by atoms with Gasteiger partial charge in [0.25, 0.3) is 21.7 Å². The number of hydrogen-bond acceptors (Lipinski definition) is 4. The third kappa shape index (κ3) is 4.45. The molecule has 7 nitrogen and oxygen atoms in total. The number of likely N-dealkylation sites (N-methyl/N-ethyl adjacent to an activating group) is 1. The van der Waals surface area contributed by atoms with Crippen LogP contribution in [0, 0.1) is 0 Å². The molecule has 4 aromatic rings. The van der Waals surface area contributed by atoms with Gasteiger partial charge in [-0.15, -0.1) is 0 Å². The Labute approximate surface area is 198 Å². The van der Waals surface area contributed by atoms with E-state index in [-0.39, 0.29) is 10.5 Å². The molecule has 0 aliphatic rings. The van der Waals surface area contributed by atoms with Crippen molar-refractivity contribution in [3.05, 3.63) is 84.6 Å². The normalized spacial score (nSPS) is 11.4. The molecular weight excluding hydrogens is 450 g/mol. The molecule has 1 aromatic heterocycles. The minimum Gasteiger partial charge on any atom is -0.360 e. The fourth-order valence-electron chi connectivity index (χ4n) is 3.91. The Morgan fingerprint density at radius 3 is 2.29 bits per heavy atom. The number of benzene rings is 3. The molecule has 4 rings (SSSR count). The molecule has 174 valence electrons. The van der Waals surface area contributed by atoms with Crippen LogP contribution >= 0.6 is 0 Å². The average molecular weight is 476 g/mol. The Hall–Kier alpha value is -3.91. The summed E-state index contributed by atoms with van der Waals surface area (Å²) in [5.41, 5.74) is 2.49. The summed E-state index contributed by atoms with van der Waals surface area (Å²) in [6.45, 7) is 4.47. The van der Waals surface area contributed by atoms with Crippen LogP contribution < -0.4 is 4.72 Å². The van der Waals surface area contributed by atoms with E-state index >= 15 is 0 Å². The summed E-state index contributed by atoms with van der Waals surface area (Å²) in [5, 5.41) is 0.474. The van der Waals surface area contributed by atoms with E-state index in [1.165, 1.54) is 11.1 Å². The predicted octanol–water partition coefficient (Wildman–Crippen LogP) is 4.69. The van der Waals surface area contributed by atoms with Crippen LogP contribution in [0.2, 0.25) is 0 Å². The highest BCUT2D eigenvalue weighted by Gasteiger charge is 2.25. The van der Waals surface area contributed by atoms with Crippen LogP contribution in [0.3, 0.4) is 0 Å². The van der Waals surface area contributed by atoms with Gasteiger partial charge in [-0.05, 0) is 43.7 Å². The molecule has 34 heavy (non-hydrogen) atoms. The first-order valence-electron chi connectivity index (χ1n) is 11.0. The third-order valence-corrected chi connectivity index (χ3v) is 7.12. The number of nitrogens with one attached hydrogen (secondary N) is 2. The van der Waals surface area contributed by atoms with Crippen molar-refractivity contribution in [3.8, 4) is 11.1 Å². The van der Waals surface area contributed by atoms with E-state index in [0.717, 1.165) is 5.56 Å². The van der Waals surface area contributed by atoms with E-state index in [2.05, 4.69) is 9.71 Å². The summed E-state index contributed by atoms with van der Waals surface area (Å²) >= 11 is 0. The third-order valence-electron chi connectivity index (χ3n) is 5.68. The van der Waals surface area contributed by atoms with Gasteiger partial charge in [-0.3, -0.25) is 14.3 Å². The molecule has 0 aliphatic carbocycles. The van der Waals surface area contributed by atoms with Crippen LogP contribution in [0.4, 0.5) is 5.69 Å². The van der Waals surface area contributed by atoms with Gasteiger partial charge in [-0.25, -0.2) is 8.42 Å². The van der Waals surface area contributed by atoms with Gasteiger partial charge in [-0.2, -0.15) is 0 Å². The Bertz CT molecular complexity index is 1460. The number of sulfonamides is 1. The maximum Gasteiger partial charge on any atom is 0.295 e. The van der Waals surface area contributed by atoms with Crippen molar-refractivity contribution in [2.45, 2.75) is 18.7 Å². The monoisotopic (exact) mass is 475 g/mol. The molecule has 0 saturated carbocycles. The first kappa shape index (κ1) is 23.3. The average Bonchev–Trinajstić information content (AvgIpc) is 3.27. The molecule has 0 radical (unpaired) electrons. The standard InChI is InChI=1S/C26H25N3O4S/c1-3-29(4-2)26(31)25(30)22-17-27-23-15-14-19(16-21(22)23)28-34(32,33)24-13-9-8-12-20(24)18-10-6-5-7-11-18/h5-17,27-28H,3-4H2,1-2H3. The molecule has 0 saturated heterocycles. The van der Waals surface area contributed by atoms with Crippen molar-refractivity contribution in [1.29, 1.82) is 0 Å². The van der Waals surface area contributed by atoms with Gasteiger partial charge in [-0.1, -0.05) is 48.5 Å². The molecule has 0 aliphatic heterocycles. The van der Waals surface area contributed by atoms with E-state index in [1.54, 1.807) is 42.5 Å². The molecule has 1 amide bonds. The van der Waals surface area contributed by atoms with E-state index < -0.39 is 21.7 Å². The smallest absolute Gasteiger partial charge is 0.295 e. The number of carbonyl (C=O) groups is 2. The number of ketones is 1. The van der Waals surface area contributed by atoms with Crippen LogP contribution in [-0.4, -0.2) is 43.1 Å². The van der Waals surface area contributed by atoms with E-state index in [4.69, 9.17) is 0 Å². The van der Waals surface area contributed by atoms with Gasteiger partial charge in [0.1, 0.15) is 0 Å². The van der Waals surface area contributed by atoms with Crippen LogP contribution in [0.5, 0.6) is 0 Å². The van der Waals surface area contributed by atoms with Gasteiger partial charge in [0, 0.05) is 41.4 Å². The van der Waals surface area contributed by atoms with Gasteiger partial charge < -0.3 is 9.88 Å². The lowest BCUT2D eigenvalue weighted by Gasteiger charge is -2.17. The number of fused-ring (bicyclic) bond motifs is 1. The van der Waals surface area contributed by atoms with Gasteiger partial charge >= 0.3 is 0 Å². The van der Waals surface area contributed by atoms with Gasteiger partial charge in [0.05, 0.1) is 10.5 Å². The predicted molar refractivity (Wildman–Crippen MR) is 133 cm³/mol. The van der Waals surface area contributed by atoms with Crippen LogP contribution in [0.15, 0.2) is 83.9 Å². The number of H-pyrrole nitrogens is 1. The van der Waals surface area contributed by atoms with Crippen molar-refractivity contribution in [3.63, 3.8) is 0 Å². The Kier molecular flexibility index (Phi) is 6.51. The first-order valence-corrected chi connectivity index (χ1v) is 12.5. The maximum atomic E-state index is 13.3. The highest BCUT2D eigenvalue weighted by Crippen LogP contribution is 2.30. The fraction of sp³-hybridized carbons (Fsp3) is 0.154. The van der Waals surface area contributed by atoms with Gasteiger partial charge in [0.15, 0.2) is 0 Å². The number of rotatable bonds is 8. The number of Topliss-reactive ketones (excluding diaryl/α,β-unsaturated/α-hetero) is 1. The molecule has 0 spiro atoms. The van der Waals surface area contributed by atoms with Crippen LogP contribution in [0.1, 0.15) is 24.2 Å². The number of hydrogen-bond donors (Lipinski definition) is 2. The Balaban J connectivity index is 1.69. The topological polar surface area (TPSA) is 99.3 Å². The summed E-state index contributed by atoms with van der Waals surface area (Å²) in [6.07, 6.45) is 1.48. The van der Waals surface area contributed by atoms with Crippen LogP contribution in [-0.2, 0) is 14.8 Å². The Morgan fingerprint density at radius 2 is 1.59 bits per heavy atom. The molecule has 0 atom stereocenters. The Morgan fingerprint density at radius 1 is 0.912 bits per heavy atom. The highest BCUT2D eigenvalue weighted by molar-refractivity contribution is 7.92. The number of anilines is 1. The van der Waals surface area contributed by atoms with E-state index in [9.17, 15) is 18.0 Å². The quantitative estimate of drug-likeness (QED) is 0.285. The molecule has 0 bridgehead atoms. The second kappa shape index (κ2) is 9.52. The summed E-state index contributed by atoms with van der Waals surface area (Å²) in [5.74, 6) is -1.22. The van der Waals surface area contributed by atoms with E-state index in [1.807, 2.05) is 44.2 Å². The molecule has 0 unspecified atom stereocenters. The minimum absolute atomic E-state index is 0.142. The summed E-state index contributed by atoms with van der Waals surface area (Å²) in [4.78, 5) is 30.0. The number of aromatic nitrogens is 1. The lowest BCUT2D eigenvalue weighted by Crippen LogP contribution is -2.36. The second-order valence-electron chi connectivity index (χ2n) is 7.74. The summed E-state index contributed by atoms with van der Waals surface area (Å²) in [7, 11) is -3.93. The number of carbonyl (C=O) groups excluding carboxylic acids is 2. The molecule has 2 N–H and O–H groups in total. The van der Waals surface area contributed by atoms with Crippen molar-refractivity contribution in [1.82, 2.24) is 9.88 Å². The summed E-state index contributed by atoms with van der Waals surface area (Å²) in [6, 6.07) is 20.9. The number of amides is 1. The van der Waals surface area contributed by atoms with Crippen molar-refractivity contribution < 1.29 is 18.0 Å². The fourth-order valence-corrected chi connectivity index (χ4v) is 5.19. The van der Waals surface area contributed by atoms with Crippen molar-refractivity contribution >= 4 is 38.3 Å². The second-order valence-corrected chi connectivity index (χ2v) is 9.39. The zero-order chi connectivity index (χ0) is 24.3. The lowest BCUT2D eigenvalue weighted by molar-refractivity contribution is -0.126. The van der Waals surface area contributed by atoms with Crippen molar-refractivity contribution in [2.75, 3.05) is 17.8 Å². The molecule has 8 heteroatoms. The molecule has 0 fully saturated rings. The van der Waals surface area contributed by atoms with Crippen LogP contribution in [0.25, 0.3) is 22.0 Å². The number of nitrogens with zero attached hydrogens (tertiary/aromatic N) is 1. The van der Waals surface area contributed by atoms with E-state index in [0.29, 0.717) is 35.2 Å². The molecule has 1 heterocycles. The molecule has 3 aromatic carbocycles. The lowest BCUT2D eigenvalue weighted by atomic mass is 10.1. The zero-order valence-electron chi connectivity index (χ0n) is 18.9. The molecular formula is C26H25N3O4S. The van der Waals surface area contributed by atoms with Crippen molar-refractivity contribution in [2.24, 2.45) is 0 Å². The van der Waals surface area contributed by atoms with Gasteiger partial charge in [0.2, 0.25) is 0 Å². The summed E-state index contributed by atoms with van der Waals surface area (Å²) < 4.78 is 29.3. The SMILES string of the molecule is CCN(CC)C(=O)C(=O)c1c[nH]c2ccc(NS(=O)(=O)c3ccccc3-c3ccccc3)cc12.